The highest BCUT2D eigenvalue weighted by Gasteiger charge is 2.03. The second-order valence-electron chi connectivity index (χ2n) is 3.62. The maximum absolute atomic E-state index is 10.6. The van der Waals surface area contributed by atoms with Crippen molar-refractivity contribution in [2.24, 2.45) is 0 Å². The van der Waals surface area contributed by atoms with E-state index in [4.69, 9.17) is 0 Å². The maximum Gasteiger partial charge on any atom is 0.201 e. The van der Waals surface area contributed by atoms with Crippen molar-refractivity contribution in [1.29, 1.82) is 0 Å². The molecule has 70 valence electrons. The van der Waals surface area contributed by atoms with Gasteiger partial charge in [0, 0.05) is 6.54 Å². The van der Waals surface area contributed by atoms with E-state index in [1.807, 2.05) is 0 Å². The van der Waals surface area contributed by atoms with Gasteiger partial charge < -0.3 is 4.57 Å². The SMILES string of the molecule is O=CN1CCCCCCCC[SiH2]1. The molecule has 1 amide bonds. The maximum atomic E-state index is 10.6. The molecule has 3 heteroatoms. The lowest BCUT2D eigenvalue weighted by Gasteiger charge is -2.18. The van der Waals surface area contributed by atoms with Crippen LogP contribution in [0, 0.1) is 0 Å². The molecule has 0 aromatic rings. The van der Waals surface area contributed by atoms with Crippen molar-refractivity contribution in [3.05, 3.63) is 0 Å². The van der Waals surface area contributed by atoms with E-state index in [1.54, 1.807) is 0 Å². The Bertz CT molecular complexity index is 120. The minimum Gasteiger partial charge on any atom is -0.378 e. The van der Waals surface area contributed by atoms with Gasteiger partial charge in [-0.25, -0.2) is 0 Å². The normalized spacial score (nSPS) is 23.8. The average molecular weight is 185 g/mol. The molecule has 12 heavy (non-hydrogen) atoms. The fourth-order valence-electron chi connectivity index (χ4n) is 1.73. The lowest BCUT2D eigenvalue weighted by Crippen LogP contribution is -2.27. The molecule has 0 atom stereocenters. The highest BCUT2D eigenvalue weighted by Crippen LogP contribution is 2.10. The van der Waals surface area contributed by atoms with Crippen molar-refractivity contribution >= 4 is 16.1 Å². The summed E-state index contributed by atoms with van der Waals surface area (Å²) in [4.78, 5) is 10.6. The molecule has 1 fully saturated rings. The highest BCUT2D eigenvalue weighted by molar-refractivity contribution is 6.35. The topological polar surface area (TPSA) is 20.3 Å². The second-order valence-corrected chi connectivity index (χ2v) is 5.58. The third-order valence-electron chi connectivity index (χ3n) is 2.54. The predicted octanol–water partition coefficient (Wildman–Crippen LogP) is 1.30. The van der Waals surface area contributed by atoms with Crippen LogP contribution < -0.4 is 0 Å². The first-order chi connectivity index (χ1) is 5.93. The minimum atomic E-state index is -0.207. The molecule has 1 aliphatic rings. The molecule has 2 nitrogen and oxygen atoms in total. The molecule has 0 radical (unpaired) electrons. The molecule has 0 bridgehead atoms. The van der Waals surface area contributed by atoms with Crippen LogP contribution in [0.15, 0.2) is 0 Å². The number of nitrogens with zero attached hydrogens (tertiary/aromatic N) is 1. The van der Waals surface area contributed by atoms with Crippen molar-refractivity contribution in [2.45, 2.75) is 44.6 Å². The smallest absolute Gasteiger partial charge is 0.201 e. The zero-order valence-electron chi connectivity index (χ0n) is 7.80. The average Bonchev–Trinajstić information content (AvgIpc) is 2.14. The Morgan fingerprint density at radius 1 is 1.00 bits per heavy atom. The first-order valence-corrected chi connectivity index (χ1v) is 6.76. The zero-order valence-corrected chi connectivity index (χ0v) is 9.21. The van der Waals surface area contributed by atoms with Gasteiger partial charge in [-0.15, -0.1) is 0 Å². The number of hydrogen-bond acceptors (Lipinski definition) is 1. The van der Waals surface area contributed by atoms with E-state index in [0.29, 0.717) is 0 Å². The Hall–Kier alpha value is -0.313. The van der Waals surface area contributed by atoms with Gasteiger partial charge in [0.05, 0.1) is 0 Å². The summed E-state index contributed by atoms with van der Waals surface area (Å²) in [5, 5.41) is 0. The van der Waals surface area contributed by atoms with Crippen LogP contribution in [0.25, 0.3) is 0 Å². The fraction of sp³-hybridized carbons (Fsp3) is 0.889. The van der Waals surface area contributed by atoms with E-state index < -0.39 is 0 Å². The van der Waals surface area contributed by atoms with Crippen LogP contribution in [0.5, 0.6) is 0 Å². The predicted molar refractivity (Wildman–Crippen MR) is 53.8 cm³/mol. The van der Waals surface area contributed by atoms with Gasteiger partial charge in [-0.05, 0) is 12.5 Å². The number of carbonyl (C=O) groups is 1. The second kappa shape index (κ2) is 6.23. The lowest BCUT2D eigenvalue weighted by molar-refractivity contribution is -0.114. The highest BCUT2D eigenvalue weighted by atomic mass is 28.2. The molecular weight excluding hydrogens is 166 g/mol. The van der Waals surface area contributed by atoms with Crippen molar-refractivity contribution in [3.63, 3.8) is 0 Å². The van der Waals surface area contributed by atoms with Crippen LogP contribution in [0.3, 0.4) is 0 Å². The van der Waals surface area contributed by atoms with E-state index in [1.165, 1.54) is 44.6 Å². The molecule has 0 spiro atoms. The van der Waals surface area contributed by atoms with E-state index in [9.17, 15) is 4.79 Å². The summed E-state index contributed by atoms with van der Waals surface area (Å²) in [5.74, 6) is 0. The van der Waals surface area contributed by atoms with Gasteiger partial charge in [0.15, 0.2) is 0 Å². The van der Waals surface area contributed by atoms with Crippen LogP contribution in [0.4, 0.5) is 0 Å². The van der Waals surface area contributed by atoms with Gasteiger partial charge in [0.1, 0.15) is 9.68 Å². The number of hydrogen-bond donors (Lipinski definition) is 0. The summed E-state index contributed by atoms with van der Waals surface area (Å²) in [7, 11) is -0.207. The Morgan fingerprint density at radius 2 is 1.67 bits per heavy atom. The summed E-state index contributed by atoms with van der Waals surface area (Å²) in [6.07, 6.45) is 9.14. The Morgan fingerprint density at radius 3 is 2.42 bits per heavy atom. The Balaban J connectivity index is 2.21. The lowest BCUT2D eigenvalue weighted by atomic mass is 10.1. The van der Waals surface area contributed by atoms with Gasteiger partial charge in [-0.2, -0.15) is 0 Å². The van der Waals surface area contributed by atoms with E-state index >= 15 is 0 Å². The quantitative estimate of drug-likeness (QED) is 0.445. The van der Waals surface area contributed by atoms with E-state index in [-0.39, 0.29) is 9.68 Å². The molecule has 1 heterocycles. The van der Waals surface area contributed by atoms with E-state index in [2.05, 4.69) is 4.57 Å². The van der Waals surface area contributed by atoms with Gasteiger partial charge >= 0.3 is 0 Å². The zero-order chi connectivity index (χ0) is 8.65. The van der Waals surface area contributed by atoms with Crippen molar-refractivity contribution < 1.29 is 4.79 Å². The first-order valence-electron chi connectivity index (χ1n) is 5.13. The minimum absolute atomic E-state index is 0.207. The number of amides is 1. The van der Waals surface area contributed by atoms with Gasteiger partial charge in [-0.3, -0.25) is 4.79 Å². The largest absolute Gasteiger partial charge is 0.378 e. The summed E-state index contributed by atoms with van der Waals surface area (Å²) in [5.41, 5.74) is 0. The third kappa shape index (κ3) is 3.90. The molecule has 0 N–H and O–H groups in total. The summed E-state index contributed by atoms with van der Waals surface area (Å²) in [6.45, 7) is 1.04. The van der Waals surface area contributed by atoms with Crippen LogP contribution in [0.2, 0.25) is 6.04 Å². The standard InChI is InChI=1S/C9H19NOSi/c11-9-10-7-5-3-1-2-4-6-8-12-10/h9H,1-8,12H2. The molecule has 1 saturated heterocycles. The Kier molecular flexibility index (Phi) is 5.07. The fourth-order valence-corrected chi connectivity index (χ4v) is 3.27. The van der Waals surface area contributed by atoms with Crippen LogP contribution in [-0.4, -0.2) is 27.2 Å². The molecule has 0 aliphatic carbocycles. The third-order valence-corrected chi connectivity index (χ3v) is 4.40. The van der Waals surface area contributed by atoms with Crippen LogP contribution in [-0.2, 0) is 4.79 Å². The van der Waals surface area contributed by atoms with Gasteiger partial charge in [0.2, 0.25) is 6.41 Å². The molecule has 0 aromatic carbocycles. The van der Waals surface area contributed by atoms with Crippen molar-refractivity contribution in [2.75, 3.05) is 6.54 Å². The first kappa shape index (κ1) is 9.77. The molecule has 0 unspecified atom stereocenters. The van der Waals surface area contributed by atoms with Gasteiger partial charge in [-0.1, -0.05) is 32.1 Å². The summed E-state index contributed by atoms with van der Waals surface area (Å²) >= 11 is 0. The summed E-state index contributed by atoms with van der Waals surface area (Å²) in [6, 6.07) is 1.33. The molecule has 0 aromatic heterocycles. The van der Waals surface area contributed by atoms with Crippen LogP contribution in [0.1, 0.15) is 38.5 Å². The molecule has 1 aliphatic heterocycles. The number of carbonyl (C=O) groups excluding carboxylic acids is 1. The van der Waals surface area contributed by atoms with Crippen molar-refractivity contribution in [3.8, 4) is 0 Å². The van der Waals surface area contributed by atoms with E-state index in [0.717, 1.165) is 13.0 Å². The Labute approximate surface area is 77.2 Å². The van der Waals surface area contributed by atoms with Gasteiger partial charge in [0.25, 0.3) is 0 Å². The summed E-state index contributed by atoms with van der Waals surface area (Å²) < 4.78 is 2.06. The number of rotatable bonds is 1. The van der Waals surface area contributed by atoms with Crippen LogP contribution >= 0.6 is 0 Å². The molecule has 0 saturated carbocycles. The molecule has 1 rings (SSSR count). The monoisotopic (exact) mass is 185 g/mol. The van der Waals surface area contributed by atoms with Crippen molar-refractivity contribution in [1.82, 2.24) is 4.57 Å². The molecular formula is C9H19NOSi.